The Hall–Kier alpha value is -3.26. The fourth-order valence-electron chi connectivity index (χ4n) is 3.53. The fraction of sp³-hybridized carbons (Fsp3) is 0.333. The summed E-state index contributed by atoms with van der Waals surface area (Å²) in [5, 5.41) is 16.5. The van der Waals surface area contributed by atoms with E-state index in [4.69, 9.17) is 16.1 Å². The van der Waals surface area contributed by atoms with Crippen molar-refractivity contribution in [3.05, 3.63) is 54.1 Å². The average Bonchev–Trinajstić information content (AvgIpc) is 3.23. The first kappa shape index (κ1) is 19.1. The van der Waals surface area contributed by atoms with Crippen LogP contribution in [0.3, 0.4) is 0 Å². The molecule has 0 unspecified atom stereocenters. The van der Waals surface area contributed by atoms with Crippen molar-refractivity contribution < 1.29 is 0 Å². The summed E-state index contributed by atoms with van der Waals surface area (Å²) in [6, 6.07) is 8.05. The third kappa shape index (κ3) is 3.97. The van der Waals surface area contributed by atoms with Gasteiger partial charge in [-0.1, -0.05) is 6.07 Å². The Labute approximate surface area is 170 Å². The maximum absolute atomic E-state index is 8.74. The molecule has 3 aromatic rings. The molecule has 4 heterocycles. The molecule has 0 saturated carbocycles. The van der Waals surface area contributed by atoms with E-state index in [1.165, 1.54) is 0 Å². The Bertz CT molecular complexity index is 1030. The topological polar surface area (TPSA) is 109 Å². The standard InChI is InChI=1S/C21H26N8/c1-3-29-13-15(10-26-29)19-9-16(17(22)11-25-19)21(23)18-5-4-6-20(27-18)28-8-7-24-14(2)12-28/h4-6,9-11,13-14,23-24H,3,7-8,12,22H2,1-2H3/t14-/m1/s1. The molecule has 1 atom stereocenters. The minimum atomic E-state index is 0.291. The van der Waals surface area contributed by atoms with Crippen molar-refractivity contribution in [3.8, 4) is 11.3 Å². The highest BCUT2D eigenvalue weighted by Crippen LogP contribution is 2.23. The predicted molar refractivity (Wildman–Crippen MR) is 115 cm³/mol. The zero-order chi connectivity index (χ0) is 20.4. The van der Waals surface area contributed by atoms with E-state index in [0.717, 1.165) is 43.3 Å². The molecule has 1 saturated heterocycles. The number of nitrogens with one attached hydrogen (secondary N) is 2. The average molecular weight is 390 g/mol. The number of aromatic nitrogens is 4. The van der Waals surface area contributed by atoms with Crippen molar-refractivity contribution >= 4 is 17.2 Å². The van der Waals surface area contributed by atoms with E-state index < -0.39 is 0 Å². The minimum absolute atomic E-state index is 0.291. The Morgan fingerprint density at radius 2 is 2.21 bits per heavy atom. The fourth-order valence-corrected chi connectivity index (χ4v) is 3.53. The molecule has 1 aliphatic heterocycles. The van der Waals surface area contributed by atoms with Gasteiger partial charge in [0.1, 0.15) is 5.82 Å². The molecular formula is C21H26N8. The van der Waals surface area contributed by atoms with Crippen LogP contribution in [0.15, 0.2) is 42.9 Å². The van der Waals surface area contributed by atoms with E-state index in [1.807, 2.05) is 42.1 Å². The molecule has 0 aliphatic carbocycles. The lowest BCUT2D eigenvalue weighted by atomic mass is 10.0. The summed E-state index contributed by atoms with van der Waals surface area (Å²) in [5.74, 6) is 0.887. The first-order valence-electron chi connectivity index (χ1n) is 9.88. The first-order chi connectivity index (χ1) is 14.0. The van der Waals surface area contributed by atoms with Gasteiger partial charge in [-0.3, -0.25) is 15.1 Å². The van der Waals surface area contributed by atoms with Crippen molar-refractivity contribution in [2.24, 2.45) is 0 Å². The normalized spacial score (nSPS) is 16.8. The summed E-state index contributed by atoms with van der Waals surface area (Å²) in [7, 11) is 0. The number of piperazine rings is 1. The monoisotopic (exact) mass is 390 g/mol. The van der Waals surface area contributed by atoms with Crippen LogP contribution in [0.5, 0.6) is 0 Å². The van der Waals surface area contributed by atoms with E-state index in [2.05, 4.69) is 27.2 Å². The van der Waals surface area contributed by atoms with Crippen LogP contribution in [0.25, 0.3) is 11.3 Å². The van der Waals surface area contributed by atoms with E-state index >= 15 is 0 Å². The van der Waals surface area contributed by atoms with Crippen LogP contribution in [-0.2, 0) is 6.54 Å². The Morgan fingerprint density at radius 1 is 1.34 bits per heavy atom. The summed E-state index contributed by atoms with van der Waals surface area (Å²) in [4.78, 5) is 11.4. The van der Waals surface area contributed by atoms with Gasteiger partial charge < -0.3 is 16.0 Å². The van der Waals surface area contributed by atoms with Crippen LogP contribution < -0.4 is 16.0 Å². The minimum Gasteiger partial charge on any atom is -0.397 e. The lowest BCUT2D eigenvalue weighted by Gasteiger charge is -2.32. The molecule has 29 heavy (non-hydrogen) atoms. The highest BCUT2D eigenvalue weighted by molar-refractivity contribution is 6.13. The molecule has 3 aromatic heterocycles. The number of hydrogen-bond donors (Lipinski definition) is 3. The molecule has 1 fully saturated rings. The highest BCUT2D eigenvalue weighted by Gasteiger charge is 2.19. The van der Waals surface area contributed by atoms with Gasteiger partial charge in [-0.2, -0.15) is 5.10 Å². The second kappa shape index (κ2) is 8.00. The number of rotatable bonds is 5. The summed E-state index contributed by atoms with van der Waals surface area (Å²) in [5.41, 5.74) is 9.78. The molecule has 1 aliphatic rings. The number of nitrogens with two attached hydrogens (primary N) is 1. The van der Waals surface area contributed by atoms with Gasteiger partial charge >= 0.3 is 0 Å². The van der Waals surface area contributed by atoms with Crippen molar-refractivity contribution in [1.82, 2.24) is 25.1 Å². The Morgan fingerprint density at radius 3 is 2.97 bits per heavy atom. The molecule has 8 nitrogen and oxygen atoms in total. The smallest absolute Gasteiger partial charge is 0.129 e. The van der Waals surface area contributed by atoms with Crippen molar-refractivity contribution in [2.45, 2.75) is 26.4 Å². The highest BCUT2D eigenvalue weighted by atomic mass is 15.3. The molecule has 0 radical (unpaired) electrons. The third-order valence-corrected chi connectivity index (χ3v) is 5.14. The molecule has 8 heteroatoms. The SMILES string of the molecule is CCn1cc(-c2cc(C(=N)c3cccc(N4CCN[C@H](C)C4)n3)c(N)cn2)cn1. The lowest BCUT2D eigenvalue weighted by molar-refractivity contribution is 0.482. The van der Waals surface area contributed by atoms with Crippen LogP contribution in [0.2, 0.25) is 0 Å². The molecule has 4 N–H and O–H groups in total. The number of hydrogen-bond acceptors (Lipinski definition) is 7. The number of nitrogen functional groups attached to an aromatic ring is 1. The molecule has 0 bridgehead atoms. The molecule has 4 rings (SSSR count). The molecule has 150 valence electrons. The second-order valence-corrected chi connectivity index (χ2v) is 7.30. The second-order valence-electron chi connectivity index (χ2n) is 7.30. The van der Waals surface area contributed by atoms with Crippen LogP contribution in [0.1, 0.15) is 25.1 Å². The van der Waals surface area contributed by atoms with Crippen molar-refractivity contribution in [1.29, 1.82) is 5.41 Å². The Balaban J connectivity index is 1.64. The molecule has 0 amide bonds. The molecular weight excluding hydrogens is 364 g/mol. The number of anilines is 2. The number of pyridine rings is 2. The van der Waals surface area contributed by atoms with Crippen molar-refractivity contribution in [2.75, 3.05) is 30.3 Å². The van der Waals surface area contributed by atoms with E-state index in [0.29, 0.717) is 28.7 Å². The summed E-state index contributed by atoms with van der Waals surface area (Å²) >= 11 is 0. The van der Waals surface area contributed by atoms with Gasteiger partial charge in [-0.25, -0.2) is 4.98 Å². The zero-order valence-corrected chi connectivity index (χ0v) is 16.8. The van der Waals surface area contributed by atoms with Gasteiger partial charge in [0.05, 0.1) is 35.2 Å². The van der Waals surface area contributed by atoms with Crippen LogP contribution in [0.4, 0.5) is 11.5 Å². The predicted octanol–water partition coefficient (Wildman–Crippen LogP) is 2.16. The van der Waals surface area contributed by atoms with Crippen LogP contribution in [0, 0.1) is 5.41 Å². The Kier molecular flexibility index (Phi) is 5.26. The quantitative estimate of drug-likeness (QED) is 0.576. The van der Waals surface area contributed by atoms with E-state index in [-0.39, 0.29) is 0 Å². The van der Waals surface area contributed by atoms with E-state index in [9.17, 15) is 0 Å². The van der Waals surface area contributed by atoms with Gasteiger partial charge in [0, 0.05) is 49.5 Å². The summed E-state index contributed by atoms with van der Waals surface area (Å²) < 4.78 is 1.85. The van der Waals surface area contributed by atoms with Gasteiger partial charge in [-0.05, 0) is 32.0 Å². The molecule has 0 spiro atoms. The third-order valence-electron chi connectivity index (χ3n) is 5.14. The van der Waals surface area contributed by atoms with Crippen molar-refractivity contribution in [3.63, 3.8) is 0 Å². The lowest BCUT2D eigenvalue weighted by Crippen LogP contribution is -2.49. The molecule has 0 aromatic carbocycles. The van der Waals surface area contributed by atoms with Gasteiger partial charge in [-0.15, -0.1) is 0 Å². The summed E-state index contributed by atoms with van der Waals surface area (Å²) in [6.07, 6.45) is 5.32. The maximum atomic E-state index is 8.74. The number of aryl methyl sites for hydroxylation is 1. The van der Waals surface area contributed by atoms with Gasteiger partial charge in [0.2, 0.25) is 0 Å². The summed E-state index contributed by atoms with van der Waals surface area (Å²) in [6.45, 7) is 7.71. The maximum Gasteiger partial charge on any atom is 0.129 e. The first-order valence-corrected chi connectivity index (χ1v) is 9.88. The van der Waals surface area contributed by atoms with Gasteiger partial charge in [0.15, 0.2) is 0 Å². The van der Waals surface area contributed by atoms with Gasteiger partial charge in [0.25, 0.3) is 0 Å². The largest absolute Gasteiger partial charge is 0.397 e. The van der Waals surface area contributed by atoms with Crippen LogP contribution >= 0.6 is 0 Å². The van der Waals surface area contributed by atoms with E-state index in [1.54, 1.807) is 12.4 Å². The van der Waals surface area contributed by atoms with Crippen LogP contribution in [-0.4, -0.2) is 51.1 Å². The zero-order valence-electron chi connectivity index (χ0n) is 16.8. The number of nitrogens with zero attached hydrogens (tertiary/aromatic N) is 5.